The molecule has 0 spiro atoms. The first kappa shape index (κ1) is 8.71. The fourth-order valence-corrected chi connectivity index (χ4v) is 1.03. The first-order chi connectivity index (χ1) is 5.88. The molecular formula is C9H11NO2. The van der Waals surface area contributed by atoms with Gasteiger partial charge in [0.15, 0.2) is 0 Å². The second kappa shape index (κ2) is 4.49. The molecule has 1 aliphatic rings. The topological polar surface area (TPSA) is 50.2 Å². The van der Waals surface area contributed by atoms with Crippen LogP contribution in [0, 0.1) is 0 Å². The summed E-state index contributed by atoms with van der Waals surface area (Å²) in [5.74, 6) is 0.846. The maximum atomic E-state index is 8.36. The number of hydrogen-bond donors (Lipinski definition) is 1. The van der Waals surface area contributed by atoms with Crippen molar-refractivity contribution >= 4 is 6.47 Å². The highest BCUT2D eigenvalue weighted by Crippen LogP contribution is 2.39. The molecule has 64 valence electrons. The second-order valence-corrected chi connectivity index (χ2v) is 2.67. The SMILES string of the molecule is O=CO.c1cncc(C2CC2)c1. The lowest BCUT2D eigenvalue weighted by molar-refractivity contribution is -0.122. The Morgan fingerprint density at radius 2 is 2.25 bits per heavy atom. The average molecular weight is 165 g/mol. The highest BCUT2D eigenvalue weighted by atomic mass is 16.3. The van der Waals surface area contributed by atoms with Crippen molar-refractivity contribution in [2.45, 2.75) is 18.8 Å². The maximum absolute atomic E-state index is 8.36. The van der Waals surface area contributed by atoms with Gasteiger partial charge in [-0.25, -0.2) is 0 Å². The van der Waals surface area contributed by atoms with Crippen molar-refractivity contribution in [1.82, 2.24) is 4.98 Å². The summed E-state index contributed by atoms with van der Waals surface area (Å²) in [5.41, 5.74) is 1.41. The molecule has 0 radical (unpaired) electrons. The molecule has 1 aliphatic carbocycles. The molecule has 3 heteroatoms. The van der Waals surface area contributed by atoms with Gasteiger partial charge in [0.2, 0.25) is 0 Å². The van der Waals surface area contributed by atoms with Gasteiger partial charge in [-0.15, -0.1) is 0 Å². The smallest absolute Gasteiger partial charge is 0.290 e. The Morgan fingerprint density at radius 1 is 1.58 bits per heavy atom. The molecule has 1 aromatic heterocycles. The van der Waals surface area contributed by atoms with Crippen molar-refractivity contribution in [3.05, 3.63) is 30.1 Å². The van der Waals surface area contributed by atoms with Gasteiger partial charge in [-0.2, -0.15) is 0 Å². The summed E-state index contributed by atoms with van der Waals surface area (Å²) < 4.78 is 0. The molecule has 0 saturated heterocycles. The van der Waals surface area contributed by atoms with Crippen LogP contribution in [0.1, 0.15) is 24.3 Å². The lowest BCUT2D eigenvalue weighted by atomic mass is 10.2. The van der Waals surface area contributed by atoms with Crippen molar-refractivity contribution < 1.29 is 9.90 Å². The lowest BCUT2D eigenvalue weighted by Crippen LogP contribution is -1.77. The molecule has 2 rings (SSSR count). The van der Waals surface area contributed by atoms with E-state index in [0.29, 0.717) is 0 Å². The summed E-state index contributed by atoms with van der Waals surface area (Å²) in [6.07, 6.45) is 6.53. The highest BCUT2D eigenvalue weighted by Gasteiger charge is 2.22. The van der Waals surface area contributed by atoms with Crippen LogP contribution < -0.4 is 0 Å². The summed E-state index contributed by atoms with van der Waals surface area (Å²) in [6.45, 7) is -0.250. The van der Waals surface area contributed by atoms with E-state index in [-0.39, 0.29) is 6.47 Å². The fourth-order valence-electron chi connectivity index (χ4n) is 1.03. The zero-order valence-electron chi connectivity index (χ0n) is 6.68. The Morgan fingerprint density at radius 3 is 2.67 bits per heavy atom. The summed E-state index contributed by atoms with van der Waals surface area (Å²) in [6, 6.07) is 4.16. The van der Waals surface area contributed by atoms with E-state index in [1.54, 1.807) is 0 Å². The number of pyridine rings is 1. The zero-order chi connectivity index (χ0) is 8.81. The maximum Gasteiger partial charge on any atom is 0.290 e. The predicted octanol–water partition coefficient (Wildman–Crippen LogP) is 1.66. The molecule has 1 heterocycles. The molecule has 1 saturated carbocycles. The van der Waals surface area contributed by atoms with Gasteiger partial charge in [0.05, 0.1) is 0 Å². The van der Waals surface area contributed by atoms with Crippen molar-refractivity contribution in [3.8, 4) is 0 Å². The summed E-state index contributed by atoms with van der Waals surface area (Å²) in [5, 5.41) is 6.89. The molecule has 0 atom stereocenters. The molecule has 0 aliphatic heterocycles. The van der Waals surface area contributed by atoms with E-state index in [1.165, 1.54) is 18.4 Å². The Bertz CT molecular complexity index is 232. The van der Waals surface area contributed by atoms with Crippen molar-refractivity contribution in [3.63, 3.8) is 0 Å². The minimum absolute atomic E-state index is 0.250. The van der Waals surface area contributed by atoms with Crippen LogP contribution in [0.3, 0.4) is 0 Å². The first-order valence-electron chi connectivity index (χ1n) is 3.86. The molecule has 0 unspecified atom stereocenters. The van der Waals surface area contributed by atoms with E-state index in [1.807, 2.05) is 18.5 Å². The van der Waals surface area contributed by atoms with Crippen LogP contribution in [0.2, 0.25) is 0 Å². The number of carboxylic acid groups (broad SMARTS) is 1. The van der Waals surface area contributed by atoms with Crippen LogP contribution in [0.25, 0.3) is 0 Å². The number of nitrogens with zero attached hydrogens (tertiary/aromatic N) is 1. The molecule has 1 N–H and O–H groups in total. The van der Waals surface area contributed by atoms with Gasteiger partial charge in [0, 0.05) is 12.4 Å². The van der Waals surface area contributed by atoms with Gasteiger partial charge >= 0.3 is 0 Å². The van der Waals surface area contributed by atoms with Crippen molar-refractivity contribution in [2.75, 3.05) is 0 Å². The monoisotopic (exact) mass is 165 g/mol. The fraction of sp³-hybridized carbons (Fsp3) is 0.333. The Kier molecular flexibility index (Phi) is 3.26. The first-order valence-corrected chi connectivity index (χ1v) is 3.86. The molecule has 1 fully saturated rings. The Hall–Kier alpha value is -1.38. The molecule has 3 nitrogen and oxygen atoms in total. The Balaban J connectivity index is 0.000000213. The molecule has 0 aromatic carbocycles. The minimum atomic E-state index is -0.250. The van der Waals surface area contributed by atoms with E-state index in [9.17, 15) is 0 Å². The third kappa shape index (κ3) is 2.70. The highest BCUT2D eigenvalue weighted by molar-refractivity contribution is 5.32. The van der Waals surface area contributed by atoms with Crippen LogP contribution in [0.15, 0.2) is 24.5 Å². The zero-order valence-corrected chi connectivity index (χ0v) is 6.68. The second-order valence-electron chi connectivity index (χ2n) is 2.67. The third-order valence-corrected chi connectivity index (χ3v) is 1.73. The van der Waals surface area contributed by atoms with Crippen LogP contribution in [0.4, 0.5) is 0 Å². The van der Waals surface area contributed by atoms with E-state index in [4.69, 9.17) is 9.90 Å². The molecular weight excluding hydrogens is 154 g/mol. The quantitative estimate of drug-likeness (QED) is 0.644. The molecule has 0 amide bonds. The largest absolute Gasteiger partial charge is 0.483 e. The number of rotatable bonds is 1. The normalized spacial score (nSPS) is 14.3. The predicted molar refractivity (Wildman–Crippen MR) is 44.9 cm³/mol. The lowest BCUT2D eigenvalue weighted by Gasteiger charge is -1.91. The summed E-state index contributed by atoms with van der Waals surface area (Å²) in [4.78, 5) is 12.4. The van der Waals surface area contributed by atoms with E-state index < -0.39 is 0 Å². The molecule has 12 heavy (non-hydrogen) atoms. The third-order valence-electron chi connectivity index (χ3n) is 1.73. The van der Waals surface area contributed by atoms with Crippen molar-refractivity contribution in [2.24, 2.45) is 0 Å². The number of aromatic nitrogens is 1. The van der Waals surface area contributed by atoms with E-state index in [2.05, 4.69) is 11.1 Å². The number of hydrogen-bond acceptors (Lipinski definition) is 2. The van der Waals surface area contributed by atoms with E-state index >= 15 is 0 Å². The van der Waals surface area contributed by atoms with Gasteiger partial charge in [0.1, 0.15) is 0 Å². The van der Waals surface area contributed by atoms with Gasteiger partial charge in [0.25, 0.3) is 6.47 Å². The van der Waals surface area contributed by atoms with Gasteiger partial charge in [-0.1, -0.05) is 6.07 Å². The van der Waals surface area contributed by atoms with Crippen LogP contribution >= 0.6 is 0 Å². The molecule has 0 bridgehead atoms. The van der Waals surface area contributed by atoms with Crippen LogP contribution in [0.5, 0.6) is 0 Å². The van der Waals surface area contributed by atoms with Crippen molar-refractivity contribution in [1.29, 1.82) is 0 Å². The van der Waals surface area contributed by atoms with Gasteiger partial charge in [-0.05, 0) is 30.4 Å². The summed E-state index contributed by atoms with van der Waals surface area (Å²) >= 11 is 0. The van der Waals surface area contributed by atoms with Gasteiger partial charge in [-0.3, -0.25) is 9.78 Å². The average Bonchev–Trinajstić information content (AvgIpc) is 2.90. The van der Waals surface area contributed by atoms with Crippen LogP contribution in [-0.2, 0) is 4.79 Å². The summed E-state index contributed by atoms with van der Waals surface area (Å²) in [7, 11) is 0. The standard InChI is InChI=1S/C8H9N.CH2O2/c1-2-8(6-9-5-1)7-3-4-7;2-1-3/h1-2,5-7H,3-4H2;1H,(H,2,3). The molecule has 1 aromatic rings. The van der Waals surface area contributed by atoms with Gasteiger partial charge < -0.3 is 5.11 Å². The number of carbonyl (C=O) groups is 1. The Labute approximate surface area is 71.1 Å². The van der Waals surface area contributed by atoms with Crippen LogP contribution in [-0.4, -0.2) is 16.6 Å². The minimum Gasteiger partial charge on any atom is -0.483 e. The van der Waals surface area contributed by atoms with E-state index in [0.717, 1.165) is 5.92 Å².